The number of hydrogen-bond acceptors (Lipinski definition) is 4. The Balaban J connectivity index is 1.93. The maximum absolute atomic E-state index is 12.3. The molecule has 1 aromatic rings. The van der Waals surface area contributed by atoms with E-state index in [1.54, 1.807) is 30.6 Å². The van der Waals surface area contributed by atoms with Gasteiger partial charge in [-0.05, 0) is 61.8 Å². The van der Waals surface area contributed by atoms with Crippen molar-refractivity contribution in [2.45, 2.75) is 39.0 Å². The highest BCUT2D eigenvalue weighted by Gasteiger charge is 2.24. The summed E-state index contributed by atoms with van der Waals surface area (Å²) >= 11 is 1.65. The van der Waals surface area contributed by atoms with E-state index in [1.807, 2.05) is 0 Å². The summed E-state index contributed by atoms with van der Waals surface area (Å²) in [6.45, 7) is 9.92. The van der Waals surface area contributed by atoms with Crippen molar-refractivity contribution in [1.29, 1.82) is 0 Å². The number of carbonyl (C=O) groups is 1. The van der Waals surface area contributed by atoms with Gasteiger partial charge in [0.2, 0.25) is 5.91 Å². The minimum Gasteiger partial charge on any atom is -0.497 e. The number of allylic oxidation sites excluding steroid dienone is 3. The summed E-state index contributed by atoms with van der Waals surface area (Å²) < 4.78 is 5.12. The number of rotatable bonds is 8. The highest BCUT2D eigenvalue weighted by atomic mass is 32.1. The van der Waals surface area contributed by atoms with E-state index in [9.17, 15) is 9.90 Å². The number of methoxy groups -OCH3 is 1. The van der Waals surface area contributed by atoms with Gasteiger partial charge in [0.15, 0.2) is 0 Å². The highest BCUT2D eigenvalue weighted by molar-refractivity contribution is 7.16. The summed E-state index contributed by atoms with van der Waals surface area (Å²) in [7, 11) is 1.58. The van der Waals surface area contributed by atoms with Crippen LogP contribution in [-0.4, -0.2) is 24.7 Å². The van der Waals surface area contributed by atoms with Gasteiger partial charge in [-0.25, -0.2) is 0 Å². The van der Waals surface area contributed by atoms with Crippen LogP contribution in [0.15, 0.2) is 36.6 Å². The standard InChI is InChI=1S/C20H27NO3S/c1-5-16(24-4)10-13(2)6-9-19(23)21-20-14(3)17-8-7-15(12-22)11-18(17)25-20/h5,10,15,22H,1-2,6-9,11-12H2,3-4H3,(H,21,23)/b16-10+. The summed E-state index contributed by atoms with van der Waals surface area (Å²) in [5.41, 5.74) is 3.37. The van der Waals surface area contributed by atoms with Crippen molar-refractivity contribution in [3.05, 3.63) is 52.6 Å². The fourth-order valence-corrected chi connectivity index (χ4v) is 4.41. The Bertz CT molecular complexity index is 687. The van der Waals surface area contributed by atoms with E-state index in [0.717, 1.165) is 29.8 Å². The van der Waals surface area contributed by atoms with Gasteiger partial charge < -0.3 is 15.2 Å². The number of thiophene rings is 1. The smallest absolute Gasteiger partial charge is 0.225 e. The molecule has 1 atom stereocenters. The number of nitrogens with one attached hydrogen (secondary N) is 1. The van der Waals surface area contributed by atoms with Crippen LogP contribution in [0.5, 0.6) is 0 Å². The van der Waals surface area contributed by atoms with E-state index in [0.29, 0.717) is 24.5 Å². The molecule has 2 rings (SSSR count). The molecule has 0 aliphatic heterocycles. The molecule has 0 saturated heterocycles. The quantitative estimate of drug-likeness (QED) is 0.540. The normalized spacial score (nSPS) is 16.9. The van der Waals surface area contributed by atoms with Crippen molar-refractivity contribution >= 4 is 22.2 Å². The lowest BCUT2D eigenvalue weighted by molar-refractivity contribution is -0.116. The van der Waals surface area contributed by atoms with Crippen LogP contribution in [0.25, 0.3) is 0 Å². The lowest BCUT2D eigenvalue weighted by atomic mass is 9.88. The molecule has 0 bridgehead atoms. The second kappa shape index (κ2) is 9.02. The van der Waals surface area contributed by atoms with E-state index < -0.39 is 0 Å². The summed E-state index contributed by atoms with van der Waals surface area (Å²) in [5.74, 6) is 0.988. The molecule has 1 amide bonds. The molecule has 25 heavy (non-hydrogen) atoms. The third-order valence-electron chi connectivity index (χ3n) is 4.60. The molecular formula is C20H27NO3S. The van der Waals surface area contributed by atoms with Crippen LogP contribution in [0.4, 0.5) is 5.00 Å². The van der Waals surface area contributed by atoms with Gasteiger partial charge >= 0.3 is 0 Å². The second-order valence-corrected chi connectivity index (χ2v) is 7.52. The van der Waals surface area contributed by atoms with Gasteiger partial charge in [0, 0.05) is 17.9 Å². The molecule has 136 valence electrons. The third-order valence-corrected chi connectivity index (χ3v) is 5.87. The van der Waals surface area contributed by atoms with Crippen LogP contribution in [0.1, 0.15) is 35.3 Å². The number of aliphatic hydroxyl groups is 1. The molecule has 4 nitrogen and oxygen atoms in total. The van der Waals surface area contributed by atoms with Gasteiger partial charge in [0.1, 0.15) is 5.76 Å². The molecule has 0 fully saturated rings. The number of amides is 1. The Hall–Kier alpha value is -1.85. The molecular weight excluding hydrogens is 334 g/mol. The Morgan fingerprint density at radius 2 is 2.24 bits per heavy atom. The average Bonchev–Trinajstić information content (AvgIpc) is 2.92. The largest absolute Gasteiger partial charge is 0.497 e. The first-order valence-electron chi connectivity index (χ1n) is 8.56. The van der Waals surface area contributed by atoms with Crippen molar-refractivity contribution in [1.82, 2.24) is 0 Å². The van der Waals surface area contributed by atoms with E-state index in [1.165, 1.54) is 16.0 Å². The summed E-state index contributed by atoms with van der Waals surface area (Å²) in [5, 5.41) is 13.3. The highest BCUT2D eigenvalue weighted by Crippen LogP contribution is 2.39. The van der Waals surface area contributed by atoms with Gasteiger partial charge in [-0.1, -0.05) is 18.7 Å². The first-order chi connectivity index (χ1) is 12.0. The van der Waals surface area contributed by atoms with Crippen molar-refractivity contribution in [3.63, 3.8) is 0 Å². The van der Waals surface area contributed by atoms with Crippen LogP contribution in [0.2, 0.25) is 0 Å². The molecule has 1 unspecified atom stereocenters. The SMILES string of the molecule is C=C/C(=C\C(=C)CCC(=O)Nc1sc2c(c1C)CCC(CO)C2)OC. The lowest BCUT2D eigenvalue weighted by Gasteiger charge is -2.20. The molecule has 0 spiro atoms. The number of ether oxygens (including phenoxy) is 1. The first-order valence-corrected chi connectivity index (χ1v) is 9.37. The summed E-state index contributed by atoms with van der Waals surface area (Å²) in [4.78, 5) is 13.6. The Labute approximate surface area is 153 Å². The molecule has 1 aliphatic rings. The Morgan fingerprint density at radius 3 is 2.88 bits per heavy atom. The predicted octanol–water partition coefficient (Wildman–Crippen LogP) is 4.14. The van der Waals surface area contributed by atoms with Crippen molar-refractivity contribution < 1.29 is 14.6 Å². The molecule has 1 aliphatic carbocycles. The molecule has 5 heteroatoms. The number of anilines is 1. The molecule has 1 heterocycles. The molecule has 2 N–H and O–H groups in total. The number of carbonyl (C=O) groups excluding carboxylic acids is 1. The van der Waals surface area contributed by atoms with Crippen LogP contribution >= 0.6 is 11.3 Å². The Kier molecular flexibility index (Phi) is 7.02. The van der Waals surface area contributed by atoms with E-state index in [2.05, 4.69) is 25.4 Å². The minimum absolute atomic E-state index is 0.00692. The van der Waals surface area contributed by atoms with Crippen molar-refractivity contribution in [2.24, 2.45) is 5.92 Å². The van der Waals surface area contributed by atoms with Gasteiger partial charge in [0.05, 0.1) is 12.1 Å². The Morgan fingerprint density at radius 1 is 1.48 bits per heavy atom. The number of aliphatic hydroxyl groups excluding tert-OH is 1. The fraction of sp³-hybridized carbons (Fsp3) is 0.450. The maximum Gasteiger partial charge on any atom is 0.225 e. The zero-order valence-corrected chi connectivity index (χ0v) is 15.9. The van der Waals surface area contributed by atoms with Crippen molar-refractivity contribution in [2.75, 3.05) is 19.0 Å². The van der Waals surface area contributed by atoms with Crippen molar-refractivity contribution in [3.8, 4) is 0 Å². The van der Waals surface area contributed by atoms with Crippen LogP contribution < -0.4 is 5.32 Å². The summed E-state index contributed by atoms with van der Waals surface area (Å²) in [6, 6.07) is 0. The first kappa shape index (κ1) is 19.5. The van der Waals surface area contributed by atoms with Crippen LogP contribution in [0.3, 0.4) is 0 Å². The lowest BCUT2D eigenvalue weighted by Crippen LogP contribution is -2.16. The molecule has 0 radical (unpaired) electrons. The van der Waals surface area contributed by atoms with E-state index in [-0.39, 0.29) is 12.5 Å². The predicted molar refractivity (Wildman–Crippen MR) is 104 cm³/mol. The second-order valence-electron chi connectivity index (χ2n) is 6.41. The summed E-state index contributed by atoms with van der Waals surface area (Å²) in [6.07, 6.45) is 7.28. The van der Waals surface area contributed by atoms with Gasteiger partial charge in [-0.3, -0.25) is 4.79 Å². The topological polar surface area (TPSA) is 58.6 Å². The zero-order chi connectivity index (χ0) is 18.4. The van der Waals surface area contributed by atoms with Crippen LogP contribution in [0, 0.1) is 12.8 Å². The van der Waals surface area contributed by atoms with Crippen LogP contribution in [-0.2, 0) is 22.4 Å². The zero-order valence-electron chi connectivity index (χ0n) is 15.1. The number of hydrogen-bond donors (Lipinski definition) is 2. The van der Waals surface area contributed by atoms with Gasteiger partial charge in [-0.2, -0.15) is 0 Å². The molecule has 1 aromatic heterocycles. The van der Waals surface area contributed by atoms with Gasteiger partial charge in [-0.15, -0.1) is 11.3 Å². The molecule has 0 aromatic carbocycles. The van der Waals surface area contributed by atoms with E-state index in [4.69, 9.17) is 4.74 Å². The van der Waals surface area contributed by atoms with E-state index >= 15 is 0 Å². The monoisotopic (exact) mass is 361 g/mol. The number of fused-ring (bicyclic) bond motifs is 1. The van der Waals surface area contributed by atoms with Gasteiger partial charge in [0.25, 0.3) is 0 Å². The fourth-order valence-electron chi connectivity index (χ4n) is 3.02. The average molecular weight is 362 g/mol. The third kappa shape index (κ3) is 5.06. The molecule has 0 saturated carbocycles. The maximum atomic E-state index is 12.3. The minimum atomic E-state index is -0.00692.